The molecule has 4 heterocycles. The first-order valence-corrected chi connectivity index (χ1v) is 8.46. The van der Waals surface area contributed by atoms with Crippen molar-refractivity contribution in [1.29, 1.82) is 0 Å². The summed E-state index contributed by atoms with van der Waals surface area (Å²) in [5.74, 6) is 0.799. The van der Waals surface area contributed by atoms with E-state index in [0.29, 0.717) is 0 Å². The lowest BCUT2D eigenvalue weighted by Gasteiger charge is -2.34. The van der Waals surface area contributed by atoms with Crippen LogP contribution < -0.4 is 4.90 Å². The number of anilines is 1. The molecule has 1 saturated heterocycles. The normalized spacial score (nSPS) is 18.7. The van der Waals surface area contributed by atoms with Gasteiger partial charge in [-0.15, -0.1) is 0 Å². The van der Waals surface area contributed by atoms with Gasteiger partial charge in [-0.25, -0.2) is 4.98 Å². The monoisotopic (exact) mass is 309 g/mol. The topological polar surface area (TPSA) is 49.7 Å². The number of nitrogens with zero attached hydrogens (tertiary/aromatic N) is 4. The highest BCUT2D eigenvalue weighted by molar-refractivity contribution is 6.02. The summed E-state index contributed by atoms with van der Waals surface area (Å²) in [5.41, 5.74) is 4.58. The number of nitrogens with one attached hydrogen (secondary N) is 1. The second-order valence-electron chi connectivity index (χ2n) is 6.52. The van der Waals surface area contributed by atoms with Crippen LogP contribution in [-0.2, 0) is 7.05 Å². The van der Waals surface area contributed by atoms with Crippen molar-refractivity contribution in [3.63, 3.8) is 0 Å². The molecule has 1 fully saturated rings. The van der Waals surface area contributed by atoms with Crippen LogP contribution in [0, 0.1) is 5.92 Å². The maximum atomic E-state index is 4.52. The number of H-pyrrole nitrogens is 1. The molecule has 0 saturated carbocycles. The fraction of sp³-hybridized carbons (Fsp3) is 0.444. The van der Waals surface area contributed by atoms with Crippen LogP contribution >= 0.6 is 0 Å². The van der Waals surface area contributed by atoms with Crippen LogP contribution in [-0.4, -0.2) is 32.8 Å². The number of pyridine rings is 1. The molecule has 23 heavy (non-hydrogen) atoms. The number of aromatic amines is 1. The van der Waals surface area contributed by atoms with E-state index in [9.17, 15) is 0 Å². The molecule has 0 aromatic carbocycles. The van der Waals surface area contributed by atoms with Gasteiger partial charge in [0.25, 0.3) is 0 Å². The summed E-state index contributed by atoms with van der Waals surface area (Å²) in [6.07, 6.45) is 11.8. The molecule has 0 unspecified atom stereocenters. The number of piperidine rings is 1. The Bertz CT molecular complexity index is 816. The first kappa shape index (κ1) is 14.3. The molecule has 3 aromatic heterocycles. The Balaban J connectivity index is 1.82. The predicted octanol–water partition coefficient (Wildman–Crippen LogP) is 3.59. The quantitative estimate of drug-likeness (QED) is 0.804. The molecule has 3 aromatic rings. The lowest BCUT2D eigenvalue weighted by atomic mass is 9.95. The van der Waals surface area contributed by atoms with Gasteiger partial charge in [-0.05, 0) is 24.8 Å². The van der Waals surface area contributed by atoms with Crippen molar-refractivity contribution in [3.8, 4) is 11.1 Å². The zero-order valence-electron chi connectivity index (χ0n) is 13.8. The van der Waals surface area contributed by atoms with E-state index in [-0.39, 0.29) is 0 Å². The number of aromatic nitrogens is 4. The van der Waals surface area contributed by atoms with Crippen LogP contribution in [0.25, 0.3) is 22.2 Å². The van der Waals surface area contributed by atoms with Crippen LogP contribution in [0.3, 0.4) is 0 Å². The van der Waals surface area contributed by atoms with Gasteiger partial charge in [-0.3, -0.25) is 4.68 Å². The third-order valence-electron chi connectivity index (χ3n) is 5.00. The van der Waals surface area contributed by atoms with Crippen LogP contribution in [0.4, 0.5) is 5.69 Å². The molecule has 5 nitrogen and oxygen atoms in total. The van der Waals surface area contributed by atoms with Crippen molar-refractivity contribution in [2.24, 2.45) is 13.0 Å². The zero-order valence-corrected chi connectivity index (χ0v) is 13.8. The van der Waals surface area contributed by atoms with Crippen molar-refractivity contribution in [2.45, 2.75) is 26.2 Å². The van der Waals surface area contributed by atoms with Gasteiger partial charge in [-0.2, -0.15) is 5.10 Å². The van der Waals surface area contributed by atoms with Crippen molar-refractivity contribution in [3.05, 3.63) is 30.9 Å². The van der Waals surface area contributed by atoms with Crippen molar-refractivity contribution < 1.29 is 0 Å². The van der Waals surface area contributed by atoms with Gasteiger partial charge in [0.1, 0.15) is 5.65 Å². The Morgan fingerprint density at radius 3 is 3.09 bits per heavy atom. The largest absolute Gasteiger partial charge is 0.371 e. The van der Waals surface area contributed by atoms with Crippen LogP contribution in [0.2, 0.25) is 0 Å². The molecule has 0 amide bonds. The zero-order chi connectivity index (χ0) is 15.8. The molecule has 0 spiro atoms. The Kier molecular flexibility index (Phi) is 3.56. The molecule has 1 aliphatic rings. The lowest BCUT2D eigenvalue weighted by Crippen LogP contribution is -2.35. The second-order valence-corrected chi connectivity index (χ2v) is 6.52. The molecular formula is C18H23N5. The fourth-order valence-corrected chi connectivity index (χ4v) is 3.71. The number of hydrogen-bond acceptors (Lipinski definition) is 3. The number of fused-ring (bicyclic) bond motifs is 1. The molecule has 1 N–H and O–H groups in total. The first-order valence-electron chi connectivity index (χ1n) is 8.46. The molecule has 4 rings (SSSR count). The average molecular weight is 309 g/mol. The number of aryl methyl sites for hydroxylation is 1. The van der Waals surface area contributed by atoms with Crippen LogP contribution in [0.1, 0.15) is 26.2 Å². The van der Waals surface area contributed by atoms with Crippen molar-refractivity contribution >= 4 is 16.7 Å². The maximum Gasteiger partial charge on any atom is 0.139 e. The van der Waals surface area contributed by atoms with Gasteiger partial charge in [0.15, 0.2) is 0 Å². The van der Waals surface area contributed by atoms with Crippen LogP contribution in [0.15, 0.2) is 30.9 Å². The van der Waals surface area contributed by atoms with Gasteiger partial charge in [0, 0.05) is 55.5 Å². The molecule has 5 heteroatoms. The van der Waals surface area contributed by atoms with E-state index in [1.54, 1.807) is 0 Å². The van der Waals surface area contributed by atoms with Crippen molar-refractivity contribution in [1.82, 2.24) is 19.7 Å². The Hall–Kier alpha value is -2.30. The molecule has 0 bridgehead atoms. The summed E-state index contributed by atoms with van der Waals surface area (Å²) in [5, 5.41) is 5.54. The van der Waals surface area contributed by atoms with E-state index >= 15 is 0 Å². The predicted molar refractivity (Wildman–Crippen MR) is 93.5 cm³/mol. The molecule has 0 radical (unpaired) electrons. The summed E-state index contributed by atoms with van der Waals surface area (Å²) in [6.45, 7) is 4.58. The second kappa shape index (κ2) is 5.72. The summed E-state index contributed by atoms with van der Waals surface area (Å²) in [7, 11) is 1.95. The van der Waals surface area contributed by atoms with E-state index in [0.717, 1.165) is 30.2 Å². The molecular weight excluding hydrogens is 286 g/mol. The molecule has 1 aliphatic heterocycles. The lowest BCUT2D eigenvalue weighted by molar-refractivity contribution is 0.405. The average Bonchev–Trinajstić information content (AvgIpc) is 3.20. The highest BCUT2D eigenvalue weighted by Gasteiger charge is 2.22. The van der Waals surface area contributed by atoms with Gasteiger partial charge in [0.05, 0.1) is 11.6 Å². The van der Waals surface area contributed by atoms with Gasteiger partial charge < -0.3 is 9.88 Å². The summed E-state index contributed by atoms with van der Waals surface area (Å²) < 4.78 is 1.85. The fourth-order valence-electron chi connectivity index (χ4n) is 3.71. The van der Waals surface area contributed by atoms with Crippen molar-refractivity contribution in [2.75, 3.05) is 18.0 Å². The van der Waals surface area contributed by atoms with Gasteiger partial charge in [-0.1, -0.05) is 13.3 Å². The maximum absolute atomic E-state index is 4.52. The Morgan fingerprint density at radius 1 is 1.39 bits per heavy atom. The SMILES string of the molecule is CC[C@H]1CCCN(c2ccnc3[nH]cc(-c4cnn(C)c4)c23)C1. The summed E-state index contributed by atoms with van der Waals surface area (Å²) >= 11 is 0. The molecule has 120 valence electrons. The smallest absolute Gasteiger partial charge is 0.139 e. The minimum Gasteiger partial charge on any atom is -0.371 e. The van der Waals surface area contributed by atoms with E-state index in [1.807, 2.05) is 24.1 Å². The van der Waals surface area contributed by atoms with E-state index < -0.39 is 0 Å². The van der Waals surface area contributed by atoms with Gasteiger partial charge in [0.2, 0.25) is 0 Å². The number of rotatable bonds is 3. The Morgan fingerprint density at radius 2 is 2.30 bits per heavy atom. The van der Waals surface area contributed by atoms with E-state index in [1.165, 1.54) is 35.9 Å². The highest BCUT2D eigenvalue weighted by Crippen LogP contribution is 2.36. The summed E-state index contributed by atoms with van der Waals surface area (Å²) in [4.78, 5) is 10.4. The minimum absolute atomic E-state index is 0.799. The first-order chi connectivity index (χ1) is 11.3. The third-order valence-corrected chi connectivity index (χ3v) is 5.00. The van der Waals surface area contributed by atoms with Crippen LogP contribution in [0.5, 0.6) is 0 Å². The minimum atomic E-state index is 0.799. The molecule has 0 aliphatic carbocycles. The van der Waals surface area contributed by atoms with Gasteiger partial charge >= 0.3 is 0 Å². The summed E-state index contributed by atoms with van der Waals surface area (Å²) in [6, 6.07) is 2.16. The van der Waals surface area contributed by atoms with E-state index in [2.05, 4.69) is 45.4 Å². The standard InChI is InChI=1S/C18H23N5/c1-3-13-5-4-8-23(11-13)16-6-7-19-18-17(16)15(10-20-18)14-9-21-22(2)12-14/h6-7,9-10,12-13H,3-5,8,11H2,1-2H3,(H,19,20)/t13-/m0/s1. The number of hydrogen-bond donors (Lipinski definition) is 1. The molecule has 1 atom stereocenters. The van der Waals surface area contributed by atoms with E-state index in [4.69, 9.17) is 0 Å². The third kappa shape index (κ3) is 2.50. The highest BCUT2D eigenvalue weighted by atomic mass is 15.2. The Labute approximate surface area is 136 Å².